The summed E-state index contributed by atoms with van der Waals surface area (Å²) in [5, 5.41) is 5.07. The maximum atomic E-state index is 4.57. The zero-order valence-corrected chi connectivity index (χ0v) is 14.3. The molecule has 0 saturated carbocycles. The van der Waals surface area contributed by atoms with Gasteiger partial charge in [-0.2, -0.15) is 5.10 Å². The SMILES string of the molecule is CCN1CCN(c2ccc3nc(NN=C(C)C)sc3c2)CC1. The van der Waals surface area contributed by atoms with Gasteiger partial charge in [-0.25, -0.2) is 4.98 Å². The second-order valence-electron chi connectivity index (χ2n) is 5.76. The van der Waals surface area contributed by atoms with Crippen molar-refractivity contribution in [2.75, 3.05) is 43.0 Å². The lowest BCUT2D eigenvalue weighted by Crippen LogP contribution is -2.46. The second kappa shape index (κ2) is 6.62. The number of hydrazone groups is 1. The molecule has 0 radical (unpaired) electrons. The summed E-state index contributed by atoms with van der Waals surface area (Å²) in [7, 11) is 0. The third kappa shape index (κ3) is 3.39. The van der Waals surface area contributed by atoms with Crippen LogP contribution in [0.15, 0.2) is 23.3 Å². The van der Waals surface area contributed by atoms with Crippen molar-refractivity contribution >= 4 is 38.1 Å². The molecule has 5 nitrogen and oxygen atoms in total. The molecule has 3 rings (SSSR count). The van der Waals surface area contributed by atoms with E-state index in [1.165, 1.54) is 10.4 Å². The molecule has 1 saturated heterocycles. The van der Waals surface area contributed by atoms with Gasteiger partial charge in [0.25, 0.3) is 0 Å². The Bertz CT molecular complexity index is 666. The van der Waals surface area contributed by atoms with Crippen LogP contribution in [0.5, 0.6) is 0 Å². The number of fused-ring (bicyclic) bond motifs is 1. The number of anilines is 2. The molecule has 0 unspecified atom stereocenters. The van der Waals surface area contributed by atoms with Crippen molar-refractivity contribution in [3.63, 3.8) is 0 Å². The van der Waals surface area contributed by atoms with Crippen LogP contribution in [0.1, 0.15) is 20.8 Å². The predicted octanol–water partition coefficient (Wildman–Crippen LogP) is 3.25. The normalized spacial score (nSPS) is 16.0. The molecule has 1 N–H and O–H groups in total. The monoisotopic (exact) mass is 317 g/mol. The number of thiazole rings is 1. The number of benzene rings is 1. The Balaban J connectivity index is 1.76. The first-order valence-corrected chi connectivity index (χ1v) is 8.62. The predicted molar refractivity (Wildman–Crippen MR) is 96.4 cm³/mol. The number of hydrogen-bond acceptors (Lipinski definition) is 6. The fraction of sp³-hybridized carbons (Fsp3) is 0.500. The zero-order valence-electron chi connectivity index (χ0n) is 13.5. The van der Waals surface area contributed by atoms with E-state index in [4.69, 9.17) is 0 Å². The topological polar surface area (TPSA) is 43.8 Å². The van der Waals surface area contributed by atoms with Crippen molar-refractivity contribution in [2.45, 2.75) is 20.8 Å². The Morgan fingerprint density at radius 3 is 2.73 bits per heavy atom. The van der Waals surface area contributed by atoms with Crippen molar-refractivity contribution in [1.82, 2.24) is 9.88 Å². The molecule has 6 heteroatoms. The van der Waals surface area contributed by atoms with E-state index >= 15 is 0 Å². The summed E-state index contributed by atoms with van der Waals surface area (Å²) in [6, 6.07) is 6.55. The number of aromatic nitrogens is 1. The minimum atomic E-state index is 0.851. The van der Waals surface area contributed by atoms with E-state index in [0.717, 1.165) is 49.1 Å². The van der Waals surface area contributed by atoms with E-state index in [1.807, 2.05) is 13.8 Å². The third-order valence-electron chi connectivity index (χ3n) is 3.93. The summed E-state index contributed by atoms with van der Waals surface area (Å²) in [4.78, 5) is 9.53. The Morgan fingerprint density at radius 1 is 1.27 bits per heavy atom. The maximum Gasteiger partial charge on any atom is 0.204 e. The van der Waals surface area contributed by atoms with Gasteiger partial charge in [0.05, 0.1) is 10.2 Å². The lowest BCUT2D eigenvalue weighted by atomic mass is 10.2. The van der Waals surface area contributed by atoms with Crippen LogP contribution in [-0.4, -0.2) is 48.3 Å². The van der Waals surface area contributed by atoms with E-state index in [-0.39, 0.29) is 0 Å². The van der Waals surface area contributed by atoms with E-state index in [0.29, 0.717) is 0 Å². The number of piperazine rings is 1. The molecule has 0 bridgehead atoms. The number of hydrogen-bond donors (Lipinski definition) is 1. The first-order chi connectivity index (χ1) is 10.7. The van der Waals surface area contributed by atoms with Crippen LogP contribution in [0.3, 0.4) is 0 Å². The van der Waals surface area contributed by atoms with Gasteiger partial charge in [0.15, 0.2) is 0 Å². The first kappa shape index (κ1) is 15.2. The summed E-state index contributed by atoms with van der Waals surface area (Å²) in [5.41, 5.74) is 6.35. The second-order valence-corrected chi connectivity index (χ2v) is 6.79. The van der Waals surface area contributed by atoms with Gasteiger partial charge in [-0.15, -0.1) is 0 Å². The Labute approximate surface area is 135 Å². The van der Waals surface area contributed by atoms with Crippen molar-refractivity contribution < 1.29 is 0 Å². The van der Waals surface area contributed by atoms with Crippen LogP contribution >= 0.6 is 11.3 Å². The summed E-state index contributed by atoms with van der Waals surface area (Å²) >= 11 is 1.66. The van der Waals surface area contributed by atoms with Gasteiger partial charge in [0.1, 0.15) is 0 Å². The van der Waals surface area contributed by atoms with Gasteiger partial charge in [0.2, 0.25) is 5.13 Å². The van der Waals surface area contributed by atoms with Gasteiger partial charge < -0.3 is 9.80 Å². The fourth-order valence-electron chi connectivity index (χ4n) is 2.64. The van der Waals surface area contributed by atoms with Gasteiger partial charge in [-0.3, -0.25) is 5.43 Å². The first-order valence-electron chi connectivity index (χ1n) is 7.80. The van der Waals surface area contributed by atoms with Gasteiger partial charge in [-0.1, -0.05) is 18.3 Å². The van der Waals surface area contributed by atoms with E-state index < -0.39 is 0 Å². The minimum Gasteiger partial charge on any atom is -0.369 e. The van der Waals surface area contributed by atoms with E-state index in [9.17, 15) is 0 Å². The molecule has 1 fully saturated rings. The average Bonchev–Trinajstić information content (AvgIpc) is 2.95. The highest BCUT2D eigenvalue weighted by molar-refractivity contribution is 7.22. The Hall–Kier alpha value is -1.66. The van der Waals surface area contributed by atoms with Gasteiger partial charge in [-0.05, 0) is 38.6 Å². The molecule has 0 aliphatic carbocycles. The van der Waals surface area contributed by atoms with Crippen molar-refractivity contribution in [3.8, 4) is 0 Å². The Morgan fingerprint density at radius 2 is 2.05 bits per heavy atom. The van der Waals surface area contributed by atoms with Crippen molar-refractivity contribution in [3.05, 3.63) is 18.2 Å². The smallest absolute Gasteiger partial charge is 0.204 e. The van der Waals surface area contributed by atoms with E-state index in [2.05, 4.69) is 50.4 Å². The molecule has 1 aromatic carbocycles. The quantitative estimate of drug-likeness (QED) is 0.694. The molecule has 1 aromatic heterocycles. The molecule has 22 heavy (non-hydrogen) atoms. The zero-order chi connectivity index (χ0) is 15.5. The highest BCUT2D eigenvalue weighted by Gasteiger charge is 2.16. The third-order valence-corrected chi connectivity index (χ3v) is 4.85. The van der Waals surface area contributed by atoms with Crippen molar-refractivity contribution in [1.29, 1.82) is 0 Å². The lowest BCUT2D eigenvalue weighted by Gasteiger charge is -2.35. The number of nitrogens with one attached hydrogen (secondary N) is 1. The van der Waals surface area contributed by atoms with Crippen LogP contribution in [-0.2, 0) is 0 Å². The minimum absolute atomic E-state index is 0.851. The number of likely N-dealkylation sites (N-methyl/N-ethyl adjacent to an activating group) is 1. The number of rotatable bonds is 4. The van der Waals surface area contributed by atoms with Gasteiger partial charge >= 0.3 is 0 Å². The van der Waals surface area contributed by atoms with Crippen LogP contribution in [0.4, 0.5) is 10.8 Å². The molecule has 118 valence electrons. The maximum absolute atomic E-state index is 4.57. The van der Waals surface area contributed by atoms with E-state index in [1.54, 1.807) is 11.3 Å². The highest BCUT2D eigenvalue weighted by atomic mass is 32.1. The van der Waals surface area contributed by atoms with Crippen molar-refractivity contribution in [2.24, 2.45) is 5.10 Å². The van der Waals surface area contributed by atoms with Crippen LogP contribution in [0.2, 0.25) is 0 Å². The summed E-state index contributed by atoms with van der Waals surface area (Å²) in [5.74, 6) is 0. The molecule has 1 aliphatic heterocycles. The molecular formula is C16H23N5S. The summed E-state index contributed by atoms with van der Waals surface area (Å²) in [6.07, 6.45) is 0. The highest BCUT2D eigenvalue weighted by Crippen LogP contribution is 2.30. The largest absolute Gasteiger partial charge is 0.369 e. The van der Waals surface area contributed by atoms with Crippen LogP contribution in [0.25, 0.3) is 10.2 Å². The fourth-order valence-corrected chi connectivity index (χ4v) is 3.48. The average molecular weight is 317 g/mol. The Kier molecular flexibility index (Phi) is 4.59. The van der Waals surface area contributed by atoms with Crippen LogP contribution < -0.4 is 10.3 Å². The van der Waals surface area contributed by atoms with Crippen LogP contribution in [0, 0.1) is 0 Å². The molecule has 1 aliphatic rings. The number of nitrogens with zero attached hydrogens (tertiary/aromatic N) is 4. The lowest BCUT2D eigenvalue weighted by molar-refractivity contribution is 0.271. The molecule has 0 amide bonds. The molecular weight excluding hydrogens is 294 g/mol. The summed E-state index contributed by atoms with van der Waals surface area (Å²) < 4.78 is 1.21. The van der Waals surface area contributed by atoms with Gasteiger partial charge in [0, 0.05) is 37.6 Å². The molecule has 2 aromatic rings. The standard InChI is InChI=1S/C16H23N5S/c1-4-20-7-9-21(10-8-20)13-5-6-14-15(11-13)22-16(17-14)19-18-12(2)3/h5-6,11H,4,7-10H2,1-3H3,(H,17,19). The summed E-state index contributed by atoms with van der Waals surface area (Å²) in [6.45, 7) is 11.8. The molecule has 0 atom stereocenters. The molecule has 0 spiro atoms. The molecule has 2 heterocycles.